The van der Waals surface area contributed by atoms with E-state index in [-0.39, 0.29) is 28.8 Å². The predicted octanol–water partition coefficient (Wildman–Crippen LogP) is -0.481. The molecule has 1 unspecified atom stereocenters. The van der Waals surface area contributed by atoms with Gasteiger partial charge >= 0.3 is 11.9 Å². The summed E-state index contributed by atoms with van der Waals surface area (Å²) in [5.41, 5.74) is 0. The van der Waals surface area contributed by atoms with Crippen molar-refractivity contribution in [3.8, 4) is 0 Å². The largest absolute Gasteiger partial charge is 0.459 e. The van der Waals surface area contributed by atoms with Crippen molar-refractivity contribution in [2.45, 2.75) is 0 Å². The second-order valence-electron chi connectivity index (χ2n) is 0.729. The van der Waals surface area contributed by atoms with E-state index < -0.39 is 11.9 Å². The van der Waals surface area contributed by atoms with Gasteiger partial charge in [-0.1, -0.05) is 0 Å². The fraction of sp³-hybridized carbons (Fsp3) is 0. The smallest absolute Gasteiger partial charge is 0.242 e. The Morgan fingerprint density at radius 2 is 1.20 bits per heavy atom. The third-order valence-corrected chi connectivity index (χ3v) is 0.307. The van der Waals surface area contributed by atoms with Crippen LogP contribution in [-0.4, -0.2) is 30.8 Å². The Hall–Kier alpha value is -0.173. The predicted molar refractivity (Wildman–Crippen MR) is 31.3 cm³/mol. The number of rotatable bonds is 0. The second kappa shape index (κ2) is 8.83. The van der Waals surface area contributed by atoms with Crippen LogP contribution in [0.4, 0.5) is 9.05 Å². The van der Waals surface area contributed by atoms with Crippen LogP contribution in [0.25, 0.3) is 0 Å². The molecule has 0 fully saturated rings. The topological polar surface area (TPSA) is 52.6 Å². The summed E-state index contributed by atoms with van der Waals surface area (Å²) in [4.78, 5) is 23.4. The van der Waals surface area contributed by atoms with E-state index in [9.17, 15) is 18.6 Å². The Morgan fingerprint density at radius 3 is 1.30 bits per heavy atom. The van der Waals surface area contributed by atoms with Crippen molar-refractivity contribution in [1.82, 2.24) is 0 Å². The Balaban J connectivity index is -0.000000245. The summed E-state index contributed by atoms with van der Waals surface area (Å²) in [6.45, 7) is 0. The van der Waals surface area contributed by atoms with Crippen LogP contribution >= 0.6 is 9.90 Å². The summed E-state index contributed by atoms with van der Waals surface area (Å²) in [5.74, 6) is -4.04. The number of carbonyl (C=O) groups is 2. The minimum absolute atomic E-state index is 0. The molecule has 55 valence electrons. The average Bonchev–Trinajstić information content (AvgIpc) is 1.84. The molecule has 0 aliphatic heterocycles. The Kier molecular flexibility index (Phi) is 14.5. The summed E-state index contributed by atoms with van der Waals surface area (Å²) in [5, 5.41) is 0. The molecule has 0 aliphatic rings. The van der Waals surface area contributed by atoms with E-state index in [4.69, 9.17) is 0 Å². The maximum Gasteiger partial charge on any atom is 0.459 e. The summed E-state index contributed by atoms with van der Waals surface area (Å²) in [6.07, 6.45) is 0. The van der Waals surface area contributed by atoms with Gasteiger partial charge in [-0.2, -0.15) is 9.90 Å². The Labute approximate surface area is 69.8 Å². The molecule has 0 aliphatic carbocycles. The maximum atomic E-state index is 10.5. The number of hydrogen-bond donors (Lipinski definition) is 0. The third kappa shape index (κ3) is 5.96. The molecule has 0 N–H and O–H groups in total. The zero-order valence-electron chi connectivity index (χ0n) is 5.10. The molecule has 1 atom stereocenters. The number of carbonyl (C=O) groups excluding carboxylic acids is 2. The van der Waals surface area contributed by atoms with Crippen molar-refractivity contribution in [2.24, 2.45) is 0 Å². The minimum atomic E-state index is -2.02. The Morgan fingerprint density at radius 1 is 1.00 bits per heavy atom. The zero-order valence-corrected chi connectivity index (χ0v) is 6.51. The molecule has 10 heavy (non-hydrogen) atoms. The van der Waals surface area contributed by atoms with Gasteiger partial charge in [-0.15, -0.1) is 0 Å². The van der Waals surface area contributed by atoms with Crippen LogP contribution < -0.4 is 0 Å². The maximum absolute atomic E-state index is 10.5. The van der Waals surface area contributed by atoms with Crippen molar-refractivity contribution in [1.29, 1.82) is 0 Å². The molecule has 0 heterocycles. The SMILES string of the molecule is O=C(OF)C(=O)OF.P.[Li]. The molecule has 1 radical (unpaired) electrons. The Bertz CT molecular complexity index is 106. The fourth-order valence-corrected chi connectivity index (χ4v) is 0.0630. The second-order valence-corrected chi connectivity index (χ2v) is 0.729. The molecular weight excluding hydrogens is 164 g/mol. The minimum Gasteiger partial charge on any atom is -0.242 e. The van der Waals surface area contributed by atoms with Crippen molar-refractivity contribution in [3.63, 3.8) is 0 Å². The van der Waals surface area contributed by atoms with Crippen LogP contribution in [0, 0.1) is 0 Å². The van der Waals surface area contributed by atoms with E-state index in [1.807, 2.05) is 0 Å². The van der Waals surface area contributed by atoms with Gasteiger partial charge in [0.25, 0.3) is 0 Å². The first-order valence-electron chi connectivity index (χ1n) is 1.38. The van der Waals surface area contributed by atoms with E-state index in [1.54, 1.807) is 0 Å². The number of halogens is 2. The molecule has 0 amide bonds. The van der Waals surface area contributed by atoms with Gasteiger partial charge in [-0.25, -0.2) is 19.5 Å². The molecule has 0 rings (SSSR count). The van der Waals surface area contributed by atoms with E-state index in [0.29, 0.717) is 0 Å². The molecular formula is C2H3F2LiO4P. The summed E-state index contributed by atoms with van der Waals surface area (Å²) < 4.78 is 21.0. The van der Waals surface area contributed by atoms with E-state index in [1.165, 1.54) is 0 Å². The first kappa shape index (κ1) is 16.4. The van der Waals surface area contributed by atoms with Gasteiger partial charge in [-0.05, 0) is 0 Å². The van der Waals surface area contributed by atoms with Crippen LogP contribution in [0.5, 0.6) is 0 Å². The van der Waals surface area contributed by atoms with Crippen molar-refractivity contribution < 1.29 is 28.5 Å². The van der Waals surface area contributed by atoms with Crippen LogP contribution in [0.3, 0.4) is 0 Å². The van der Waals surface area contributed by atoms with E-state index >= 15 is 0 Å². The van der Waals surface area contributed by atoms with Crippen LogP contribution in [0.2, 0.25) is 0 Å². The molecule has 0 aromatic rings. The van der Waals surface area contributed by atoms with Crippen LogP contribution in [-0.2, 0) is 19.5 Å². The van der Waals surface area contributed by atoms with Gasteiger partial charge in [0, 0.05) is 27.9 Å². The summed E-state index contributed by atoms with van der Waals surface area (Å²) in [6, 6.07) is 0. The van der Waals surface area contributed by atoms with Gasteiger partial charge in [-0.3, -0.25) is 0 Å². The zero-order chi connectivity index (χ0) is 6.57. The van der Waals surface area contributed by atoms with Crippen LogP contribution in [0.1, 0.15) is 0 Å². The van der Waals surface area contributed by atoms with Crippen molar-refractivity contribution in [2.75, 3.05) is 0 Å². The summed E-state index contributed by atoms with van der Waals surface area (Å²) >= 11 is 0. The van der Waals surface area contributed by atoms with Gasteiger partial charge < -0.3 is 0 Å². The summed E-state index contributed by atoms with van der Waals surface area (Å²) in [7, 11) is 0. The van der Waals surface area contributed by atoms with E-state index in [0.717, 1.165) is 0 Å². The van der Waals surface area contributed by atoms with Gasteiger partial charge in [0.15, 0.2) is 0 Å². The number of hydrogen-bond acceptors (Lipinski definition) is 4. The van der Waals surface area contributed by atoms with Crippen LogP contribution in [0.15, 0.2) is 0 Å². The molecule has 0 bridgehead atoms. The monoisotopic (exact) mass is 167 g/mol. The van der Waals surface area contributed by atoms with Crippen molar-refractivity contribution >= 4 is 40.7 Å². The van der Waals surface area contributed by atoms with Crippen molar-refractivity contribution in [3.05, 3.63) is 0 Å². The molecule has 0 saturated carbocycles. The molecule has 0 spiro atoms. The normalized spacial score (nSPS) is 6.20. The first-order chi connectivity index (χ1) is 3.72. The van der Waals surface area contributed by atoms with Gasteiger partial charge in [0.05, 0.1) is 0 Å². The molecule has 4 nitrogen and oxygen atoms in total. The fourth-order valence-electron chi connectivity index (χ4n) is 0.0630. The molecule has 0 aromatic heterocycles. The molecule has 0 aromatic carbocycles. The van der Waals surface area contributed by atoms with Gasteiger partial charge in [0.1, 0.15) is 0 Å². The molecule has 0 saturated heterocycles. The quantitative estimate of drug-likeness (QED) is 0.277. The third-order valence-electron chi connectivity index (χ3n) is 0.307. The average molecular weight is 167 g/mol. The van der Waals surface area contributed by atoms with Gasteiger partial charge in [0.2, 0.25) is 0 Å². The van der Waals surface area contributed by atoms with E-state index in [2.05, 4.69) is 9.88 Å². The first-order valence-corrected chi connectivity index (χ1v) is 1.38. The standard InChI is InChI=1S/C2F2O4.Li.H3P/c3-7-1(5)2(6)8-4;;/h;;1H3. The molecule has 8 heteroatoms.